The van der Waals surface area contributed by atoms with E-state index in [-0.39, 0.29) is 11.6 Å². The number of carbonyl (C=O) groups is 1. The Labute approximate surface area is 117 Å². The van der Waals surface area contributed by atoms with Crippen LogP contribution in [0.1, 0.15) is 41.7 Å². The third-order valence-electron chi connectivity index (χ3n) is 4.13. The van der Waals surface area contributed by atoms with E-state index in [9.17, 15) is 9.18 Å². The van der Waals surface area contributed by atoms with Crippen molar-refractivity contribution >= 4 is 16.7 Å². The first-order valence-corrected chi connectivity index (χ1v) is 7.19. The number of hydrogen-bond acceptors (Lipinski definition) is 2. The molecule has 0 amide bonds. The minimum absolute atomic E-state index is 0.0336. The molecular formula is C16H19FN2O. The predicted octanol–water partition coefficient (Wildman–Crippen LogP) is 3.33. The van der Waals surface area contributed by atoms with Gasteiger partial charge >= 0.3 is 0 Å². The number of aryl methyl sites for hydroxylation is 1. The van der Waals surface area contributed by atoms with Crippen molar-refractivity contribution in [3.05, 3.63) is 35.3 Å². The molecule has 106 valence electrons. The first-order valence-electron chi connectivity index (χ1n) is 7.19. The molecule has 1 aliphatic rings. The number of aromatic nitrogens is 1. The lowest BCUT2D eigenvalue weighted by atomic mass is 10.1. The number of rotatable bonds is 4. The lowest BCUT2D eigenvalue weighted by Gasteiger charge is -2.10. The molecule has 3 rings (SSSR count). The molecule has 0 bridgehead atoms. The van der Waals surface area contributed by atoms with Crippen LogP contribution < -0.4 is 5.32 Å². The molecular weight excluding hydrogens is 255 g/mol. The first-order chi connectivity index (χ1) is 9.65. The molecule has 1 aliphatic carbocycles. The number of aromatic amines is 1. The van der Waals surface area contributed by atoms with Crippen LogP contribution in [-0.2, 0) is 0 Å². The van der Waals surface area contributed by atoms with Crippen LogP contribution in [0.25, 0.3) is 10.9 Å². The van der Waals surface area contributed by atoms with Gasteiger partial charge in [-0.15, -0.1) is 0 Å². The molecule has 1 heterocycles. The SMILES string of the molecule is Cc1[nH]c2ccc(F)cc2c1C(=O)CNC1CCCC1. The summed E-state index contributed by atoms with van der Waals surface area (Å²) in [6, 6.07) is 4.98. The lowest BCUT2D eigenvalue weighted by molar-refractivity contribution is 0.0988. The van der Waals surface area contributed by atoms with E-state index in [4.69, 9.17) is 0 Å². The maximum absolute atomic E-state index is 13.4. The summed E-state index contributed by atoms with van der Waals surface area (Å²) in [5.74, 6) is -0.277. The Bertz CT molecular complexity index is 641. The van der Waals surface area contributed by atoms with Gasteiger partial charge in [-0.25, -0.2) is 4.39 Å². The van der Waals surface area contributed by atoms with Crippen LogP contribution in [0, 0.1) is 12.7 Å². The molecule has 1 aromatic heterocycles. The Balaban J connectivity index is 1.82. The molecule has 2 N–H and O–H groups in total. The van der Waals surface area contributed by atoms with Crippen molar-refractivity contribution in [1.82, 2.24) is 10.3 Å². The number of hydrogen-bond donors (Lipinski definition) is 2. The van der Waals surface area contributed by atoms with Crippen LogP contribution in [0.15, 0.2) is 18.2 Å². The first kappa shape index (κ1) is 13.3. The fourth-order valence-corrected chi connectivity index (χ4v) is 3.11. The second-order valence-corrected chi connectivity index (χ2v) is 5.60. The number of halogens is 1. The normalized spacial score (nSPS) is 16.1. The Hall–Kier alpha value is -1.68. The van der Waals surface area contributed by atoms with Gasteiger partial charge in [0, 0.05) is 28.2 Å². The fraction of sp³-hybridized carbons (Fsp3) is 0.438. The van der Waals surface area contributed by atoms with Gasteiger partial charge in [0.05, 0.1) is 6.54 Å². The summed E-state index contributed by atoms with van der Waals surface area (Å²) in [7, 11) is 0. The number of Topliss-reactive ketones (excluding diaryl/α,β-unsaturated/α-hetero) is 1. The monoisotopic (exact) mass is 274 g/mol. The third kappa shape index (κ3) is 2.48. The second-order valence-electron chi connectivity index (χ2n) is 5.60. The van der Waals surface area contributed by atoms with Crippen LogP contribution in [0.5, 0.6) is 0 Å². The van der Waals surface area contributed by atoms with Crippen LogP contribution in [0.2, 0.25) is 0 Å². The van der Waals surface area contributed by atoms with Gasteiger partial charge in [-0.3, -0.25) is 4.79 Å². The number of H-pyrrole nitrogens is 1. The van der Waals surface area contributed by atoms with Crippen molar-refractivity contribution in [1.29, 1.82) is 0 Å². The molecule has 0 saturated heterocycles. The summed E-state index contributed by atoms with van der Waals surface area (Å²) in [4.78, 5) is 15.6. The molecule has 1 aromatic carbocycles. The Kier molecular flexibility index (Phi) is 3.57. The quantitative estimate of drug-likeness (QED) is 0.840. The highest BCUT2D eigenvalue weighted by Crippen LogP contribution is 2.24. The van der Waals surface area contributed by atoms with Gasteiger partial charge in [0.1, 0.15) is 5.82 Å². The van der Waals surface area contributed by atoms with Gasteiger partial charge in [-0.1, -0.05) is 12.8 Å². The van der Waals surface area contributed by atoms with E-state index >= 15 is 0 Å². The van der Waals surface area contributed by atoms with Gasteiger partial charge in [0.2, 0.25) is 0 Å². The van der Waals surface area contributed by atoms with E-state index in [2.05, 4.69) is 10.3 Å². The molecule has 3 nitrogen and oxygen atoms in total. The fourth-order valence-electron chi connectivity index (χ4n) is 3.11. The maximum atomic E-state index is 13.4. The summed E-state index contributed by atoms with van der Waals surface area (Å²) < 4.78 is 13.4. The highest BCUT2D eigenvalue weighted by atomic mass is 19.1. The van der Waals surface area contributed by atoms with E-state index in [0.717, 1.165) is 24.1 Å². The lowest BCUT2D eigenvalue weighted by Crippen LogP contribution is -2.31. The molecule has 0 aliphatic heterocycles. The molecule has 0 radical (unpaired) electrons. The zero-order valence-corrected chi connectivity index (χ0v) is 11.6. The molecule has 0 unspecified atom stereocenters. The zero-order chi connectivity index (χ0) is 14.1. The van der Waals surface area contributed by atoms with E-state index < -0.39 is 0 Å². The average Bonchev–Trinajstić information content (AvgIpc) is 3.02. The molecule has 0 spiro atoms. The minimum Gasteiger partial charge on any atom is -0.358 e. The third-order valence-corrected chi connectivity index (χ3v) is 4.13. The number of fused-ring (bicyclic) bond motifs is 1. The van der Waals surface area contributed by atoms with Crippen molar-refractivity contribution in [2.45, 2.75) is 38.6 Å². The van der Waals surface area contributed by atoms with Crippen LogP contribution in [0.3, 0.4) is 0 Å². The van der Waals surface area contributed by atoms with E-state index in [1.165, 1.54) is 25.0 Å². The smallest absolute Gasteiger partial charge is 0.179 e. The summed E-state index contributed by atoms with van der Waals surface area (Å²) in [5.41, 5.74) is 2.24. The van der Waals surface area contributed by atoms with E-state index in [1.54, 1.807) is 6.07 Å². The highest BCUT2D eigenvalue weighted by molar-refractivity contribution is 6.10. The number of carbonyl (C=O) groups excluding carboxylic acids is 1. The molecule has 1 saturated carbocycles. The number of benzene rings is 1. The summed E-state index contributed by atoms with van der Waals surface area (Å²) >= 11 is 0. The van der Waals surface area contributed by atoms with Crippen molar-refractivity contribution < 1.29 is 9.18 Å². The average molecular weight is 274 g/mol. The summed E-state index contributed by atoms with van der Waals surface area (Å²) in [6.07, 6.45) is 4.77. The molecule has 2 aromatic rings. The minimum atomic E-state index is -0.311. The maximum Gasteiger partial charge on any atom is 0.179 e. The Morgan fingerprint density at radius 1 is 1.40 bits per heavy atom. The molecule has 1 fully saturated rings. The largest absolute Gasteiger partial charge is 0.358 e. The van der Waals surface area contributed by atoms with Crippen molar-refractivity contribution in [2.75, 3.05) is 6.54 Å². The van der Waals surface area contributed by atoms with Gasteiger partial charge in [-0.2, -0.15) is 0 Å². The zero-order valence-electron chi connectivity index (χ0n) is 11.6. The summed E-state index contributed by atoms with van der Waals surface area (Å²) in [5, 5.41) is 4.00. The molecule has 0 atom stereocenters. The standard InChI is InChI=1S/C16H19FN2O/c1-10-16(13-8-11(17)6-7-14(13)19-10)15(20)9-18-12-4-2-3-5-12/h6-8,12,18-19H,2-5,9H2,1H3. The molecule has 20 heavy (non-hydrogen) atoms. The predicted molar refractivity (Wildman–Crippen MR) is 77.6 cm³/mol. The number of ketones is 1. The van der Waals surface area contributed by atoms with Crippen LogP contribution >= 0.6 is 0 Å². The van der Waals surface area contributed by atoms with E-state index in [1.807, 2.05) is 6.92 Å². The number of nitrogens with one attached hydrogen (secondary N) is 2. The van der Waals surface area contributed by atoms with E-state index in [0.29, 0.717) is 23.5 Å². The van der Waals surface area contributed by atoms with Gasteiger partial charge < -0.3 is 10.3 Å². The summed E-state index contributed by atoms with van der Waals surface area (Å²) in [6.45, 7) is 2.19. The highest BCUT2D eigenvalue weighted by Gasteiger charge is 2.19. The Morgan fingerprint density at radius 2 is 2.15 bits per heavy atom. The van der Waals surface area contributed by atoms with Gasteiger partial charge in [0.15, 0.2) is 5.78 Å². The van der Waals surface area contributed by atoms with Gasteiger partial charge in [-0.05, 0) is 38.0 Å². The molecule has 4 heteroatoms. The van der Waals surface area contributed by atoms with Crippen LogP contribution in [0.4, 0.5) is 4.39 Å². The Morgan fingerprint density at radius 3 is 2.90 bits per heavy atom. The second kappa shape index (κ2) is 5.37. The van der Waals surface area contributed by atoms with Crippen molar-refractivity contribution in [3.8, 4) is 0 Å². The van der Waals surface area contributed by atoms with Crippen molar-refractivity contribution in [2.24, 2.45) is 0 Å². The topological polar surface area (TPSA) is 44.9 Å². The van der Waals surface area contributed by atoms with Gasteiger partial charge in [0.25, 0.3) is 0 Å². The van der Waals surface area contributed by atoms with Crippen molar-refractivity contribution in [3.63, 3.8) is 0 Å². The van der Waals surface area contributed by atoms with Crippen LogP contribution in [-0.4, -0.2) is 23.4 Å².